The van der Waals surface area contributed by atoms with Crippen LogP contribution in [0.15, 0.2) is 34.8 Å². The highest BCUT2D eigenvalue weighted by Gasteiger charge is 2.15. The molecule has 108 valence electrons. The minimum Gasteiger partial charge on any atom is -0.316 e. The van der Waals surface area contributed by atoms with E-state index in [1.54, 1.807) is 0 Å². The van der Waals surface area contributed by atoms with Crippen molar-refractivity contribution >= 4 is 15.9 Å². The number of hydrogen-bond acceptors (Lipinski definition) is 2. The third-order valence-electron chi connectivity index (χ3n) is 3.52. The van der Waals surface area contributed by atoms with Gasteiger partial charge < -0.3 is 5.32 Å². The van der Waals surface area contributed by atoms with E-state index in [1.807, 2.05) is 18.7 Å². The summed E-state index contributed by atoms with van der Waals surface area (Å²) < 4.78 is 3.13. The van der Waals surface area contributed by atoms with E-state index in [0.717, 1.165) is 29.7 Å². The molecule has 1 N–H and O–H groups in total. The van der Waals surface area contributed by atoms with Crippen LogP contribution in [0, 0.1) is 6.92 Å². The second kappa shape index (κ2) is 7.04. The quantitative estimate of drug-likeness (QED) is 0.876. The maximum atomic E-state index is 4.44. The van der Waals surface area contributed by atoms with Crippen LogP contribution in [0.4, 0.5) is 0 Å². The molecule has 1 aromatic carbocycles. The molecule has 1 aromatic heterocycles. The Morgan fingerprint density at radius 1 is 1.35 bits per heavy atom. The molecule has 0 saturated carbocycles. The van der Waals surface area contributed by atoms with Gasteiger partial charge in [0.2, 0.25) is 0 Å². The van der Waals surface area contributed by atoms with Crippen molar-refractivity contribution in [2.24, 2.45) is 7.05 Å². The number of likely N-dealkylation sites (N-methyl/N-ethyl adjacent to an activating group) is 1. The number of nitrogens with one attached hydrogen (secondary N) is 1. The first-order valence-electron chi connectivity index (χ1n) is 7.06. The molecular weight excluding hydrogens is 314 g/mol. The summed E-state index contributed by atoms with van der Waals surface area (Å²) in [6, 6.07) is 10.8. The maximum absolute atomic E-state index is 4.44. The van der Waals surface area contributed by atoms with Crippen LogP contribution in [0.3, 0.4) is 0 Å². The SMILES string of the molecule is CCNCC(Cc1cc(C)nn1C)c1cccc(Br)c1. The van der Waals surface area contributed by atoms with E-state index >= 15 is 0 Å². The van der Waals surface area contributed by atoms with Crippen LogP contribution in [-0.2, 0) is 13.5 Å². The van der Waals surface area contributed by atoms with E-state index in [0.29, 0.717) is 5.92 Å². The largest absolute Gasteiger partial charge is 0.316 e. The van der Waals surface area contributed by atoms with Gasteiger partial charge in [0, 0.05) is 29.7 Å². The van der Waals surface area contributed by atoms with Gasteiger partial charge in [0.05, 0.1) is 5.69 Å². The van der Waals surface area contributed by atoms with Crippen molar-refractivity contribution in [3.63, 3.8) is 0 Å². The summed E-state index contributed by atoms with van der Waals surface area (Å²) in [7, 11) is 2.02. The minimum atomic E-state index is 0.460. The Balaban J connectivity index is 2.21. The summed E-state index contributed by atoms with van der Waals surface area (Å²) in [5, 5.41) is 7.91. The highest BCUT2D eigenvalue weighted by atomic mass is 79.9. The van der Waals surface area contributed by atoms with Crippen molar-refractivity contribution in [1.29, 1.82) is 0 Å². The lowest BCUT2D eigenvalue weighted by molar-refractivity contribution is 0.570. The molecule has 3 nitrogen and oxygen atoms in total. The Bertz CT molecular complexity index is 563. The molecule has 1 heterocycles. The normalized spacial score (nSPS) is 12.6. The fourth-order valence-electron chi connectivity index (χ4n) is 2.49. The fraction of sp³-hybridized carbons (Fsp3) is 0.438. The number of nitrogens with zero attached hydrogens (tertiary/aromatic N) is 2. The Morgan fingerprint density at radius 3 is 2.75 bits per heavy atom. The third-order valence-corrected chi connectivity index (χ3v) is 4.01. The van der Waals surface area contributed by atoms with Crippen molar-refractivity contribution in [1.82, 2.24) is 15.1 Å². The number of halogens is 1. The number of rotatable bonds is 6. The molecule has 0 radical (unpaired) electrons. The summed E-state index contributed by atoms with van der Waals surface area (Å²) in [6.45, 7) is 6.17. The summed E-state index contributed by atoms with van der Waals surface area (Å²) >= 11 is 3.56. The monoisotopic (exact) mass is 335 g/mol. The third kappa shape index (κ3) is 3.93. The van der Waals surface area contributed by atoms with E-state index < -0.39 is 0 Å². The molecular formula is C16H22BrN3. The molecule has 0 saturated heterocycles. The molecule has 0 aliphatic carbocycles. The van der Waals surface area contributed by atoms with E-state index in [9.17, 15) is 0 Å². The highest BCUT2D eigenvalue weighted by molar-refractivity contribution is 9.10. The summed E-state index contributed by atoms with van der Waals surface area (Å²) in [5.74, 6) is 0.460. The van der Waals surface area contributed by atoms with Crippen LogP contribution in [-0.4, -0.2) is 22.9 Å². The molecule has 2 rings (SSSR count). The van der Waals surface area contributed by atoms with Gasteiger partial charge in [-0.2, -0.15) is 5.10 Å². The zero-order valence-electron chi connectivity index (χ0n) is 12.4. The standard InChI is InChI=1S/C16H22BrN3/c1-4-18-11-14(13-6-5-7-15(17)9-13)10-16-8-12(2)19-20(16)3/h5-9,14,18H,4,10-11H2,1-3H3. The van der Waals surface area contributed by atoms with Crippen molar-refractivity contribution in [3.8, 4) is 0 Å². The first-order chi connectivity index (χ1) is 9.60. The van der Waals surface area contributed by atoms with Gasteiger partial charge in [-0.05, 0) is 43.7 Å². The van der Waals surface area contributed by atoms with Crippen LogP contribution in [0.25, 0.3) is 0 Å². The maximum Gasteiger partial charge on any atom is 0.0596 e. The smallest absolute Gasteiger partial charge is 0.0596 e. The van der Waals surface area contributed by atoms with Gasteiger partial charge in [-0.3, -0.25) is 4.68 Å². The number of benzene rings is 1. The van der Waals surface area contributed by atoms with Crippen molar-refractivity contribution in [2.45, 2.75) is 26.2 Å². The predicted octanol–water partition coefficient (Wildman–Crippen LogP) is 3.43. The van der Waals surface area contributed by atoms with Gasteiger partial charge in [0.1, 0.15) is 0 Å². The molecule has 0 aliphatic heterocycles. The number of aryl methyl sites for hydroxylation is 2. The second-order valence-electron chi connectivity index (χ2n) is 5.16. The lowest BCUT2D eigenvalue weighted by atomic mass is 9.94. The first-order valence-corrected chi connectivity index (χ1v) is 7.85. The molecule has 0 spiro atoms. The Kier molecular flexibility index (Phi) is 5.38. The van der Waals surface area contributed by atoms with Gasteiger partial charge in [-0.25, -0.2) is 0 Å². The lowest BCUT2D eigenvalue weighted by Gasteiger charge is -2.18. The average Bonchev–Trinajstić information content (AvgIpc) is 2.72. The van der Waals surface area contributed by atoms with Crippen LogP contribution >= 0.6 is 15.9 Å². The lowest BCUT2D eigenvalue weighted by Crippen LogP contribution is -2.23. The minimum absolute atomic E-state index is 0.460. The molecule has 0 bridgehead atoms. The molecule has 1 unspecified atom stereocenters. The average molecular weight is 336 g/mol. The number of hydrogen-bond donors (Lipinski definition) is 1. The summed E-state index contributed by atoms with van der Waals surface area (Å²) in [5.41, 5.74) is 3.73. The van der Waals surface area contributed by atoms with Crippen LogP contribution in [0.1, 0.15) is 29.8 Å². The molecule has 2 aromatic rings. The van der Waals surface area contributed by atoms with Crippen molar-refractivity contribution < 1.29 is 0 Å². The van der Waals surface area contributed by atoms with Gasteiger partial charge in [0.25, 0.3) is 0 Å². The zero-order chi connectivity index (χ0) is 14.5. The Hall–Kier alpha value is -1.13. The van der Waals surface area contributed by atoms with Crippen LogP contribution in [0.5, 0.6) is 0 Å². The molecule has 0 amide bonds. The Morgan fingerprint density at radius 2 is 2.15 bits per heavy atom. The van der Waals surface area contributed by atoms with Gasteiger partial charge in [-0.15, -0.1) is 0 Å². The molecule has 0 fully saturated rings. The van der Waals surface area contributed by atoms with Gasteiger partial charge in [0.15, 0.2) is 0 Å². The van der Waals surface area contributed by atoms with E-state index in [1.165, 1.54) is 11.3 Å². The first kappa shape index (κ1) is 15.3. The van der Waals surface area contributed by atoms with Crippen molar-refractivity contribution in [2.75, 3.05) is 13.1 Å². The van der Waals surface area contributed by atoms with Crippen LogP contribution in [0.2, 0.25) is 0 Å². The molecule has 4 heteroatoms. The zero-order valence-corrected chi connectivity index (χ0v) is 13.9. The number of aromatic nitrogens is 2. The van der Waals surface area contributed by atoms with E-state index in [2.05, 4.69) is 63.6 Å². The predicted molar refractivity (Wildman–Crippen MR) is 87.1 cm³/mol. The van der Waals surface area contributed by atoms with Gasteiger partial charge >= 0.3 is 0 Å². The fourth-order valence-corrected chi connectivity index (χ4v) is 2.91. The van der Waals surface area contributed by atoms with E-state index in [-0.39, 0.29) is 0 Å². The van der Waals surface area contributed by atoms with E-state index in [4.69, 9.17) is 0 Å². The van der Waals surface area contributed by atoms with Crippen molar-refractivity contribution in [3.05, 3.63) is 51.8 Å². The summed E-state index contributed by atoms with van der Waals surface area (Å²) in [6.07, 6.45) is 1.00. The molecule has 0 aliphatic rings. The molecule has 20 heavy (non-hydrogen) atoms. The van der Waals surface area contributed by atoms with Gasteiger partial charge in [-0.1, -0.05) is 35.0 Å². The topological polar surface area (TPSA) is 29.9 Å². The Labute approximate surface area is 129 Å². The summed E-state index contributed by atoms with van der Waals surface area (Å²) in [4.78, 5) is 0. The van der Waals surface area contributed by atoms with Crippen LogP contribution < -0.4 is 5.32 Å². The second-order valence-corrected chi connectivity index (χ2v) is 6.08. The highest BCUT2D eigenvalue weighted by Crippen LogP contribution is 2.23. The molecule has 1 atom stereocenters.